The van der Waals surface area contributed by atoms with Gasteiger partial charge in [-0.1, -0.05) is 0 Å². The molecule has 9 heteroatoms. The van der Waals surface area contributed by atoms with Crippen LogP contribution in [0.4, 0.5) is 13.2 Å². The SMILES string of the molecule is CNCc1cnn(CCS(C)(=O)=O)c1C(F)(F)F. The van der Waals surface area contributed by atoms with Crippen molar-refractivity contribution in [2.45, 2.75) is 19.3 Å². The Morgan fingerprint density at radius 1 is 1.44 bits per heavy atom. The maximum atomic E-state index is 12.8. The summed E-state index contributed by atoms with van der Waals surface area (Å²) in [6.07, 6.45) is -2.49. The minimum absolute atomic E-state index is 0.00139. The Morgan fingerprint density at radius 3 is 2.50 bits per heavy atom. The molecule has 0 aliphatic heterocycles. The second-order valence-corrected chi connectivity index (χ2v) is 6.16. The van der Waals surface area contributed by atoms with Crippen LogP contribution in [0.1, 0.15) is 11.3 Å². The zero-order valence-electron chi connectivity index (χ0n) is 9.95. The average molecular weight is 285 g/mol. The Hall–Kier alpha value is -1.09. The zero-order chi connectivity index (χ0) is 14.0. The van der Waals surface area contributed by atoms with Gasteiger partial charge in [0.25, 0.3) is 0 Å². The monoisotopic (exact) mass is 285 g/mol. The number of halogens is 3. The molecule has 18 heavy (non-hydrogen) atoms. The number of nitrogens with zero attached hydrogens (tertiary/aromatic N) is 2. The fourth-order valence-corrected chi connectivity index (χ4v) is 2.00. The molecule has 0 saturated carbocycles. The summed E-state index contributed by atoms with van der Waals surface area (Å²) in [5.74, 6) is -0.378. The molecule has 0 fully saturated rings. The Bertz CT molecular complexity index is 508. The number of alkyl halides is 3. The highest BCUT2D eigenvalue weighted by atomic mass is 32.2. The lowest BCUT2D eigenvalue weighted by Crippen LogP contribution is -2.21. The van der Waals surface area contributed by atoms with Gasteiger partial charge in [-0.3, -0.25) is 4.68 Å². The van der Waals surface area contributed by atoms with Crippen LogP contribution in [-0.4, -0.2) is 37.3 Å². The van der Waals surface area contributed by atoms with E-state index < -0.39 is 21.7 Å². The molecule has 0 saturated heterocycles. The van der Waals surface area contributed by atoms with E-state index in [4.69, 9.17) is 0 Å². The van der Waals surface area contributed by atoms with Gasteiger partial charge in [-0.05, 0) is 7.05 Å². The molecule has 0 unspecified atom stereocenters. The summed E-state index contributed by atoms with van der Waals surface area (Å²) in [4.78, 5) is 0. The van der Waals surface area contributed by atoms with E-state index in [0.29, 0.717) is 4.68 Å². The number of hydrogen-bond donors (Lipinski definition) is 1. The first-order valence-electron chi connectivity index (χ1n) is 5.09. The molecular weight excluding hydrogens is 271 g/mol. The minimum atomic E-state index is -4.56. The summed E-state index contributed by atoms with van der Waals surface area (Å²) in [5, 5.41) is 6.21. The van der Waals surface area contributed by atoms with Gasteiger partial charge < -0.3 is 5.32 Å². The van der Waals surface area contributed by atoms with E-state index in [1.807, 2.05) is 0 Å². The number of nitrogens with one attached hydrogen (secondary N) is 1. The van der Waals surface area contributed by atoms with Crippen LogP contribution in [0.2, 0.25) is 0 Å². The molecule has 1 N–H and O–H groups in total. The summed E-state index contributed by atoms with van der Waals surface area (Å²) < 4.78 is 61.2. The molecule has 0 atom stereocenters. The molecule has 104 valence electrons. The molecule has 0 aliphatic carbocycles. The molecule has 0 aromatic carbocycles. The van der Waals surface area contributed by atoms with Gasteiger partial charge in [0, 0.05) is 18.4 Å². The molecule has 5 nitrogen and oxygen atoms in total. The van der Waals surface area contributed by atoms with E-state index in [9.17, 15) is 21.6 Å². The quantitative estimate of drug-likeness (QED) is 0.863. The van der Waals surface area contributed by atoms with Gasteiger partial charge in [-0.15, -0.1) is 0 Å². The molecule has 1 heterocycles. The third-order valence-electron chi connectivity index (χ3n) is 2.22. The van der Waals surface area contributed by atoms with E-state index in [1.165, 1.54) is 7.05 Å². The summed E-state index contributed by atoms with van der Waals surface area (Å²) in [6.45, 7) is -0.287. The van der Waals surface area contributed by atoms with Gasteiger partial charge in [-0.2, -0.15) is 18.3 Å². The van der Waals surface area contributed by atoms with Crippen molar-refractivity contribution in [2.24, 2.45) is 0 Å². The Balaban J connectivity index is 3.05. The summed E-state index contributed by atoms with van der Waals surface area (Å²) in [5.41, 5.74) is -0.904. The lowest BCUT2D eigenvalue weighted by Gasteiger charge is -2.12. The number of sulfone groups is 1. The first-order valence-corrected chi connectivity index (χ1v) is 7.15. The third kappa shape index (κ3) is 3.98. The summed E-state index contributed by atoms with van der Waals surface area (Å²) >= 11 is 0. The number of aromatic nitrogens is 2. The van der Waals surface area contributed by atoms with E-state index in [2.05, 4.69) is 10.4 Å². The van der Waals surface area contributed by atoms with Gasteiger partial charge in [0.1, 0.15) is 15.5 Å². The fourth-order valence-electron chi connectivity index (χ4n) is 1.49. The number of aryl methyl sites for hydroxylation is 1. The minimum Gasteiger partial charge on any atom is -0.316 e. The standard InChI is InChI=1S/C9H14F3N3O2S/c1-13-5-7-6-14-15(3-4-18(2,16)17)8(7)9(10,11)12/h6,13H,3-5H2,1-2H3. The highest BCUT2D eigenvalue weighted by molar-refractivity contribution is 7.90. The number of rotatable bonds is 5. The Morgan fingerprint density at radius 2 is 2.06 bits per heavy atom. The molecule has 0 bridgehead atoms. The van der Waals surface area contributed by atoms with Crippen LogP contribution in [0.3, 0.4) is 0 Å². The second kappa shape index (κ2) is 5.27. The number of hydrogen-bond acceptors (Lipinski definition) is 4. The predicted octanol–water partition coefficient (Wildman–Crippen LogP) is 0.666. The lowest BCUT2D eigenvalue weighted by atomic mass is 10.2. The van der Waals surface area contributed by atoms with Crippen LogP contribution >= 0.6 is 0 Å². The maximum Gasteiger partial charge on any atom is 0.433 e. The zero-order valence-corrected chi connectivity index (χ0v) is 10.8. The van der Waals surface area contributed by atoms with Gasteiger partial charge >= 0.3 is 6.18 Å². The molecular formula is C9H14F3N3O2S. The molecule has 0 radical (unpaired) electrons. The predicted molar refractivity (Wildman–Crippen MR) is 59.7 cm³/mol. The van der Waals surface area contributed by atoms with E-state index in [-0.39, 0.29) is 24.4 Å². The topological polar surface area (TPSA) is 64.0 Å². The van der Waals surface area contributed by atoms with Crippen molar-refractivity contribution in [1.29, 1.82) is 0 Å². The van der Waals surface area contributed by atoms with Crippen molar-refractivity contribution in [2.75, 3.05) is 19.1 Å². The van der Waals surface area contributed by atoms with Gasteiger partial charge in [0.05, 0.1) is 18.5 Å². The lowest BCUT2D eigenvalue weighted by molar-refractivity contribution is -0.144. The first kappa shape index (κ1) is 15.0. The van der Waals surface area contributed by atoms with Crippen LogP contribution in [0.15, 0.2) is 6.20 Å². The van der Waals surface area contributed by atoms with Crippen LogP contribution in [0, 0.1) is 0 Å². The third-order valence-corrected chi connectivity index (χ3v) is 3.15. The first-order chi connectivity index (χ1) is 8.15. The van der Waals surface area contributed by atoms with Crippen molar-refractivity contribution in [3.63, 3.8) is 0 Å². The van der Waals surface area contributed by atoms with Crippen LogP contribution in [-0.2, 0) is 29.1 Å². The highest BCUT2D eigenvalue weighted by Gasteiger charge is 2.37. The van der Waals surface area contributed by atoms with Crippen LogP contribution < -0.4 is 5.32 Å². The van der Waals surface area contributed by atoms with E-state index in [1.54, 1.807) is 0 Å². The van der Waals surface area contributed by atoms with E-state index in [0.717, 1.165) is 12.5 Å². The molecule has 0 spiro atoms. The maximum absolute atomic E-state index is 12.8. The van der Waals surface area contributed by atoms with Gasteiger partial charge in [-0.25, -0.2) is 8.42 Å². The summed E-state index contributed by atoms with van der Waals surface area (Å²) in [6, 6.07) is 0. The normalized spacial score (nSPS) is 12.9. The average Bonchev–Trinajstić information content (AvgIpc) is 2.57. The molecule has 1 aromatic rings. The molecule has 0 amide bonds. The van der Waals surface area contributed by atoms with Crippen LogP contribution in [0.5, 0.6) is 0 Å². The smallest absolute Gasteiger partial charge is 0.316 e. The Labute approximate surface area is 103 Å². The second-order valence-electron chi connectivity index (χ2n) is 3.90. The molecule has 1 rings (SSSR count). The van der Waals surface area contributed by atoms with Crippen molar-refractivity contribution in [3.05, 3.63) is 17.5 Å². The van der Waals surface area contributed by atoms with Gasteiger partial charge in [0.15, 0.2) is 0 Å². The Kier molecular flexibility index (Phi) is 4.38. The van der Waals surface area contributed by atoms with Crippen LogP contribution in [0.25, 0.3) is 0 Å². The molecule has 1 aromatic heterocycles. The van der Waals surface area contributed by atoms with Crippen molar-refractivity contribution >= 4 is 9.84 Å². The van der Waals surface area contributed by atoms with Crippen molar-refractivity contribution in [1.82, 2.24) is 15.1 Å². The largest absolute Gasteiger partial charge is 0.433 e. The highest BCUT2D eigenvalue weighted by Crippen LogP contribution is 2.31. The van der Waals surface area contributed by atoms with Crippen molar-refractivity contribution in [3.8, 4) is 0 Å². The summed E-state index contributed by atoms with van der Waals surface area (Å²) in [7, 11) is -1.81. The van der Waals surface area contributed by atoms with Crippen molar-refractivity contribution < 1.29 is 21.6 Å². The van der Waals surface area contributed by atoms with E-state index >= 15 is 0 Å². The van der Waals surface area contributed by atoms with Gasteiger partial charge in [0.2, 0.25) is 0 Å². The fraction of sp³-hybridized carbons (Fsp3) is 0.667. The molecule has 0 aliphatic rings.